The van der Waals surface area contributed by atoms with Crippen molar-refractivity contribution in [2.24, 2.45) is 5.84 Å². The minimum absolute atomic E-state index is 0.00132. The predicted octanol–water partition coefficient (Wildman–Crippen LogP) is 3.83. The van der Waals surface area contributed by atoms with Crippen molar-refractivity contribution in [1.82, 2.24) is 5.43 Å². The maximum atomic E-state index is 13.1. The molecule has 2 nitrogen and oxygen atoms in total. The first-order valence-corrected chi connectivity index (χ1v) is 7.28. The summed E-state index contributed by atoms with van der Waals surface area (Å²) in [5, 5.41) is 0.711. The van der Waals surface area contributed by atoms with Gasteiger partial charge in [-0.1, -0.05) is 49.7 Å². The second kappa shape index (κ2) is 6.56. The van der Waals surface area contributed by atoms with Crippen LogP contribution in [-0.2, 0) is 11.8 Å². The number of nitrogens with two attached hydrogens (primary N) is 1. The third kappa shape index (κ3) is 3.82. The lowest BCUT2D eigenvalue weighted by atomic mass is 9.75. The fourth-order valence-corrected chi connectivity index (χ4v) is 2.72. The molecule has 2 aromatic rings. The predicted molar refractivity (Wildman–Crippen MR) is 85.7 cm³/mol. The smallest absolute Gasteiger partial charge is 0.123 e. The van der Waals surface area contributed by atoms with Crippen LogP contribution >= 0.6 is 11.6 Å². The lowest BCUT2D eigenvalue weighted by molar-refractivity contribution is 0.341. The Bertz CT molecular complexity index is 596. The average Bonchev–Trinajstić information content (AvgIpc) is 2.45. The Morgan fingerprint density at radius 1 is 1.19 bits per heavy atom. The third-order valence-corrected chi connectivity index (χ3v) is 4.22. The van der Waals surface area contributed by atoms with E-state index >= 15 is 0 Å². The molecule has 0 amide bonds. The van der Waals surface area contributed by atoms with Crippen molar-refractivity contribution in [3.8, 4) is 0 Å². The number of hydrogen-bond donors (Lipinski definition) is 2. The van der Waals surface area contributed by atoms with Crippen LogP contribution in [0.5, 0.6) is 0 Å². The van der Waals surface area contributed by atoms with Gasteiger partial charge in [-0.15, -0.1) is 0 Å². The van der Waals surface area contributed by atoms with Crippen molar-refractivity contribution in [2.45, 2.75) is 31.7 Å². The van der Waals surface area contributed by atoms with Gasteiger partial charge in [0, 0.05) is 16.5 Å². The van der Waals surface area contributed by atoms with E-state index in [0.29, 0.717) is 5.02 Å². The first-order chi connectivity index (χ1) is 9.93. The molecule has 0 saturated carbocycles. The van der Waals surface area contributed by atoms with E-state index in [1.165, 1.54) is 12.1 Å². The summed E-state index contributed by atoms with van der Waals surface area (Å²) in [7, 11) is 0. The monoisotopic (exact) mass is 306 g/mol. The van der Waals surface area contributed by atoms with Gasteiger partial charge >= 0.3 is 0 Å². The van der Waals surface area contributed by atoms with Gasteiger partial charge in [-0.3, -0.25) is 11.3 Å². The van der Waals surface area contributed by atoms with E-state index in [0.717, 1.165) is 17.5 Å². The van der Waals surface area contributed by atoms with Crippen molar-refractivity contribution in [1.29, 1.82) is 0 Å². The van der Waals surface area contributed by atoms with E-state index in [1.807, 2.05) is 24.3 Å². The molecule has 0 aliphatic heterocycles. The molecule has 0 heterocycles. The zero-order chi connectivity index (χ0) is 15.5. The van der Waals surface area contributed by atoms with Crippen molar-refractivity contribution < 1.29 is 4.39 Å². The van der Waals surface area contributed by atoms with Gasteiger partial charge in [0.15, 0.2) is 0 Å². The standard InChI is InChI=1S/C17H20ClFN2/c1-17(2,13-6-8-15(19)9-7-13)16(21-20)11-12-4-3-5-14(18)10-12/h3-10,16,21H,11,20H2,1-2H3. The number of halogens is 2. The first kappa shape index (κ1) is 16.0. The maximum absolute atomic E-state index is 13.1. The minimum Gasteiger partial charge on any atom is -0.271 e. The molecule has 0 radical (unpaired) electrons. The van der Waals surface area contributed by atoms with Gasteiger partial charge in [-0.25, -0.2) is 4.39 Å². The summed E-state index contributed by atoms with van der Waals surface area (Å²) in [4.78, 5) is 0. The maximum Gasteiger partial charge on any atom is 0.123 e. The summed E-state index contributed by atoms with van der Waals surface area (Å²) in [6, 6.07) is 14.3. The number of nitrogens with one attached hydrogen (secondary N) is 1. The molecule has 0 spiro atoms. The Morgan fingerprint density at radius 2 is 1.86 bits per heavy atom. The fraction of sp³-hybridized carbons (Fsp3) is 0.294. The molecule has 0 aromatic heterocycles. The highest BCUT2D eigenvalue weighted by molar-refractivity contribution is 6.30. The van der Waals surface area contributed by atoms with E-state index < -0.39 is 0 Å². The molecular formula is C17H20ClFN2. The van der Waals surface area contributed by atoms with Crippen LogP contribution in [0.15, 0.2) is 48.5 Å². The molecule has 0 aliphatic carbocycles. The van der Waals surface area contributed by atoms with Crippen LogP contribution < -0.4 is 11.3 Å². The number of rotatable bonds is 5. The molecular weight excluding hydrogens is 287 g/mol. The zero-order valence-electron chi connectivity index (χ0n) is 12.2. The Hall–Kier alpha value is -1.42. The van der Waals surface area contributed by atoms with Crippen LogP contribution in [0.3, 0.4) is 0 Å². The quantitative estimate of drug-likeness (QED) is 0.651. The zero-order valence-corrected chi connectivity index (χ0v) is 13.0. The van der Waals surface area contributed by atoms with E-state index in [1.54, 1.807) is 12.1 Å². The summed E-state index contributed by atoms with van der Waals surface area (Å²) in [6.07, 6.45) is 0.738. The van der Waals surface area contributed by atoms with E-state index in [2.05, 4.69) is 19.3 Å². The van der Waals surface area contributed by atoms with Crippen LogP contribution in [-0.4, -0.2) is 6.04 Å². The second-order valence-electron chi connectivity index (χ2n) is 5.78. The molecule has 0 saturated heterocycles. The topological polar surface area (TPSA) is 38.0 Å². The van der Waals surface area contributed by atoms with Gasteiger partial charge in [0.25, 0.3) is 0 Å². The highest BCUT2D eigenvalue weighted by atomic mass is 35.5. The van der Waals surface area contributed by atoms with Gasteiger partial charge in [0.05, 0.1) is 0 Å². The fourth-order valence-electron chi connectivity index (χ4n) is 2.50. The molecule has 2 rings (SSSR count). The van der Waals surface area contributed by atoms with E-state index in [-0.39, 0.29) is 17.3 Å². The molecule has 3 N–H and O–H groups in total. The second-order valence-corrected chi connectivity index (χ2v) is 6.22. The van der Waals surface area contributed by atoms with E-state index in [9.17, 15) is 4.39 Å². The molecule has 2 aromatic carbocycles. The summed E-state index contributed by atoms with van der Waals surface area (Å²) in [6.45, 7) is 4.19. The molecule has 1 atom stereocenters. The largest absolute Gasteiger partial charge is 0.271 e. The van der Waals surface area contributed by atoms with Crippen LogP contribution in [0.2, 0.25) is 5.02 Å². The van der Waals surface area contributed by atoms with Crippen LogP contribution in [0.1, 0.15) is 25.0 Å². The van der Waals surface area contributed by atoms with Crippen LogP contribution in [0, 0.1) is 5.82 Å². The van der Waals surface area contributed by atoms with Crippen molar-refractivity contribution in [3.63, 3.8) is 0 Å². The van der Waals surface area contributed by atoms with Crippen LogP contribution in [0.4, 0.5) is 4.39 Å². The van der Waals surface area contributed by atoms with Gasteiger partial charge in [-0.05, 0) is 41.8 Å². The Labute approximate surface area is 130 Å². The SMILES string of the molecule is CC(C)(c1ccc(F)cc1)C(Cc1cccc(Cl)c1)NN. The summed E-state index contributed by atoms with van der Waals surface area (Å²) in [5.41, 5.74) is 4.79. The van der Waals surface area contributed by atoms with Crippen LogP contribution in [0.25, 0.3) is 0 Å². The van der Waals surface area contributed by atoms with Gasteiger partial charge in [-0.2, -0.15) is 0 Å². The molecule has 21 heavy (non-hydrogen) atoms. The van der Waals surface area contributed by atoms with Crippen molar-refractivity contribution >= 4 is 11.6 Å². The minimum atomic E-state index is -0.245. The Balaban J connectivity index is 2.24. The van der Waals surface area contributed by atoms with Gasteiger partial charge in [0.1, 0.15) is 5.82 Å². The molecule has 0 aliphatic rings. The Kier molecular flexibility index (Phi) is 4.99. The molecule has 0 bridgehead atoms. The molecule has 1 unspecified atom stereocenters. The van der Waals surface area contributed by atoms with Crippen molar-refractivity contribution in [3.05, 3.63) is 70.5 Å². The molecule has 4 heteroatoms. The first-order valence-electron chi connectivity index (χ1n) is 6.90. The average molecular weight is 307 g/mol. The molecule has 112 valence electrons. The summed E-state index contributed by atoms with van der Waals surface area (Å²) < 4.78 is 13.1. The Morgan fingerprint density at radius 3 is 2.43 bits per heavy atom. The molecule has 0 fully saturated rings. The normalized spacial score (nSPS) is 13.2. The third-order valence-electron chi connectivity index (χ3n) is 3.99. The lowest BCUT2D eigenvalue weighted by Gasteiger charge is -2.34. The number of hydrazine groups is 1. The van der Waals surface area contributed by atoms with Gasteiger partial charge < -0.3 is 0 Å². The number of hydrogen-bond acceptors (Lipinski definition) is 2. The van der Waals surface area contributed by atoms with Crippen molar-refractivity contribution in [2.75, 3.05) is 0 Å². The number of benzene rings is 2. The summed E-state index contributed by atoms with van der Waals surface area (Å²) >= 11 is 6.03. The summed E-state index contributed by atoms with van der Waals surface area (Å²) in [5.74, 6) is 5.52. The highest BCUT2D eigenvalue weighted by Crippen LogP contribution is 2.29. The lowest BCUT2D eigenvalue weighted by Crippen LogP contribution is -2.49. The highest BCUT2D eigenvalue weighted by Gasteiger charge is 2.30. The van der Waals surface area contributed by atoms with Gasteiger partial charge in [0.2, 0.25) is 0 Å². The van der Waals surface area contributed by atoms with E-state index in [4.69, 9.17) is 17.4 Å².